The summed E-state index contributed by atoms with van der Waals surface area (Å²) in [6, 6.07) is 4.70. The highest BCUT2D eigenvalue weighted by molar-refractivity contribution is 6.30. The van der Waals surface area contributed by atoms with E-state index >= 15 is 0 Å². The van der Waals surface area contributed by atoms with Gasteiger partial charge in [0.25, 0.3) is 0 Å². The molecule has 1 N–H and O–H groups in total. The topological polar surface area (TPSA) is 40.5 Å². The fourth-order valence-corrected chi connectivity index (χ4v) is 2.44. The summed E-state index contributed by atoms with van der Waals surface area (Å²) in [6.45, 7) is 2.20. The molecule has 1 fully saturated rings. The molecule has 0 aliphatic carbocycles. The lowest BCUT2D eigenvalue weighted by atomic mass is 9.97. The SMILES string of the molecule is O=C(O)C1CCN(Cc2ccc(F)c(Cl)c2)CC1. The number of benzene rings is 1. The molecule has 5 heteroatoms. The molecule has 0 saturated carbocycles. The summed E-state index contributed by atoms with van der Waals surface area (Å²) in [4.78, 5) is 13.0. The summed E-state index contributed by atoms with van der Waals surface area (Å²) < 4.78 is 13.0. The molecule has 1 saturated heterocycles. The van der Waals surface area contributed by atoms with Crippen LogP contribution in [-0.4, -0.2) is 29.1 Å². The summed E-state index contributed by atoms with van der Waals surface area (Å²) >= 11 is 5.73. The highest BCUT2D eigenvalue weighted by Crippen LogP contribution is 2.21. The predicted molar refractivity (Wildman–Crippen MR) is 67.0 cm³/mol. The Kier molecular flexibility index (Phi) is 4.19. The molecule has 0 amide bonds. The van der Waals surface area contributed by atoms with E-state index in [-0.39, 0.29) is 10.9 Å². The average molecular weight is 272 g/mol. The maximum Gasteiger partial charge on any atom is 0.306 e. The van der Waals surface area contributed by atoms with Gasteiger partial charge in [-0.05, 0) is 43.6 Å². The largest absolute Gasteiger partial charge is 0.481 e. The quantitative estimate of drug-likeness (QED) is 0.919. The molecule has 0 radical (unpaired) electrons. The Labute approximate surface area is 110 Å². The first-order valence-electron chi connectivity index (χ1n) is 5.95. The summed E-state index contributed by atoms with van der Waals surface area (Å²) in [7, 11) is 0. The second-order valence-corrected chi connectivity index (χ2v) is 5.04. The fourth-order valence-electron chi connectivity index (χ4n) is 2.23. The standard InChI is InChI=1S/C13H15ClFNO2/c14-11-7-9(1-2-12(11)15)8-16-5-3-10(4-6-16)13(17)18/h1-2,7,10H,3-6,8H2,(H,17,18). The molecule has 1 heterocycles. The van der Waals surface area contributed by atoms with Crippen LogP contribution >= 0.6 is 11.6 Å². The van der Waals surface area contributed by atoms with Gasteiger partial charge in [-0.25, -0.2) is 4.39 Å². The molecule has 1 aromatic carbocycles. The summed E-state index contributed by atoms with van der Waals surface area (Å²) in [5.74, 6) is -1.34. The van der Waals surface area contributed by atoms with Crippen molar-refractivity contribution in [2.24, 2.45) is 5.92 Å². The lowest BCUT2D eigenvalue weighted by Crippen LogP contribution is -2.35. The molecule has 0 spiro atoms. The summed E-state index contributed by atoms with van der Waals surface area (Å²) in [5, 5.41) is 9.04. The second-order valence-electron chi connectivity index (χ2n) is 4.64. The van der Waals surface area contributed by atoms with E-state index in [1.165, 1.54) is 6.07 Å². The van der Waals surface area contributed by atoms with E-state index in [2.05, 4.69) is 4.90 Å². The average Bonchev–Trinajstić information content (AvgIpc) is 2.34. The van der Waals surface area contributed by atoms with Crippen LogP contribution in [0.4, 0.5) is 4.39 Å². The van der Waals surface area contributed by atoms with E-state index < -0.39 is 11.8 Å². The highest BCUT2D eigenvalue weighted by Gasteiger charge is 2.24. The van der Waals surface area contributed by atoms with E-state index in [1.54, 1.807) is 12.1 Å². The molecule has 1 aliphatic rings. The zero-order valence-electron chi connectivity index (χ0n) is 9.90. The molecule has 98 valence electrons. The number of hydrogen-bond acceptors (Lipinski definition) is 2. The summed E-state index contributed by atoms with van der Waals surface area (Å²) in [6.07, 6.45) is 1.34. The van der Waals surface area contributed by atoms with Gasteiger partial charge in [0.1, 0.15) is 5.82 Å². The van der Waals surface area contributed by atoms with Crippen molar-refractivity contribution in [1.82, 2.24) is 4.90 Å². The van der Waals surface area contributed by atoms with Gasteiger partial charge in [0.15, 0.2) is 0 Å². The first kappa shape index (κ1) is 13.3. The Balaban J connectivity index is 1.91. The van der Waals surface area contributed by atoms with Crippen LogP contribution in [0.1, 0.15) is 18.4 Å². The minimum atomic E-state index is -0.709. The zero-order chi connectivity index (χ0) is 13.1. The Morgan fingerprint density at radius 2 is 2.11 bits per heavy atom. The van der Waals surface area contributed by atoms with Crippen molar-refractivity contribution < 1.29 is 14.3 Å². The lowest BCUT2D eigenvalue weighted by Gasteiger charge is -2.30. The van der Waals surface area contributed by atoms with Gasteiger partial charge in [-0.1, -0.05) is 17.7 Å². The minimum Gasteiger partial charge on any atom is -0.481 e. The zero-order valence-corrected chi connectivity index (χ0v) is 10.7. The monoisotopic (exact) mass is 271 g/mol. The van der Waals surface area contributed by atoms with E-state index in [1.807, 2.05) is 0 Å². The Hall–Kier alpha value is -1.13. The van der Waals surface area contributed by atoms with Gasteiger partial charge in [0.05, 0.1) is 10.9 Å². The van der Waals surface area contributed by atoms with E-state index in [0.717, 1.165) is 18.7 Å². The van der Waals surface area contributed by atoms with Gasteiger partial charge in [-0.15, -0.1) is 0 Å². The second kappa shape index (κ2) is 5.67. The number of nitrogens with zero attached hydrogens (tertiary/aromatic N) is 1. The van der Waals surface area contributed by atoms with Crippen molar-refractivity contribution in [1.29, 1.82) is 0 Å². The number of halogens is 2. The van der Waals surface area contributed by atoms with E-state index in [0.29, 0.717) is 19.4 Å². The molecule has 18 heavy (non-hydrogen) atoms. The van der Waals surface area contributed by atoms with Gasteiger partial charge in [-0.3, -0.25) is 9.69 Å². The highest BCUT2D eigenvalue weighted by atomic mass is 35.5. The van der Waals surface area contributed by atoms with Crippen LogP contribution in [0, 0.1) is 11.7 Å². The van der Waals surface area contributed by atoms with Gasteiger partial charge in [0.2, 0.25) is 0 Å². The molecular formula is C13H15ClFNO2. The van der Waals surface area contributed by atoms with Crippen LogP contribution < -0.4 is 0 Å². The molecule has 1 aromatic rings. The van der Waals surface area contributed by atoms with Crippen LogP contribution in [0.3, 0.4) is 0 Å². The Morgan fingerprint density at radius 3 is 2.67 bits per heavy atom. The minimum absolute atomic E-state index is 0.132. The predicted octanol–water partition coefficient (Wildman–Crippen LogP) is 2.78. The third kappa shape index (κ3) is 3.21. The normalized spacial score (nSPS) is 17.9. The van der Waals surface area contributed by atoms with Crippen molar-refractivity contribution in [3.8, 4) is 0 Å². The van der Waals surface area contributed by atoms with Crippen molar-refractivity contribution in [3.63, 3.8) is 0 Å². The van der Waals surface area contributed by atoms with Crippen LogP contribution in [0.5, 0.6) is 0 Å². The smallest absolute Gasteiger partial charge is 0.306 e. The number of aliphatic carboxylic acids is 1. The van der Waals surface area contributed by atoms with Crippen molar-refractivity contribution >= 4 is 17.6 Å². The first-order valence-corrected chi connectivity index (χ1v) is 6.33. The maximum absolute atomic E-state index is 13.0. The number of carboxylic acids is 1. The van der Waals surface area contributed by atoms with Crippen LogP contribution in [0.2, 0.25) is 5.02 Å². The number of hydrogen-bond donors (Lipinski definition) is 1. The molecule has 0 bridgehead atoms. The Bertz CT molecular complexity index is 445. The number of likely N-dealkylation sites (tertiary alicyclic amines) is 1. The van der Waals surface area contributed by atoms with Crippen molar-refractivity contribution in [2.45, 2.75) is 19.4 Å². The number of rotatable bonds is 3. The fraction of sp³-hybridized carbons (Fsp3) is 0.462. The van der Waals surface area contributed by atoms with Crippen molar-refractivity contribution in [3.05, 3.63) is 34.6 Å². The van der Waals surface area contributed by atoms with Crippen LogP contribution in [-0.2, 0) is 11.3 Å². The lowest BCUT2D eigenvalue weighted by molar-refractivity contribution is -0.143. The molecule has 1 aliphatic heterocycles. The molecule has 0 aromatic heterocycles. The number of piperidine rings is 1. The third-order valence-electron chi connectivity index (χ3n) is 3.33. The molecule has 2 rings (SSSR count). The summed E-state index contributed by atoms with van der Waals surface area (Å²) in [5.41, 5.74) is 0.954. The maximum atomic E-state index is 13.0. The number of carboxylic acid groups (broad SMARTS) is 1. The molecule has 3 nitrogen and oxygen atoms in total. The van der Waals surface area contributed by atoms with Crippen LogP contribution in [0.15, 0.2) is 18.2 Å². The Morgan fingerprint density at radius 1 is 1.44 bits per heavy atom. The molecule has 0 atom stereocenters. The third-order valence-corrected chi connectivity index (χ3v) is 3.62. The van der Waals surface area contributed by atoms with Crippen LogP contribution in [0.25, 0.3) is 0 Å². The van der Waals surface area contributed by atoms with Gasteiger partial charge < -0.3 is 5.11 Å². The number of carbonyl (C=O) groups is 1. The van der Waals surface area contributed by atoms with E-state index in [4.69, 9.17) is 16.7 Å². The van der Waals surface area contributed by atoms with E-state index in [9.17, 15) is 9.18 Å². The van der Waals surface area contributed by atoms with Gasteiger partial charge in [0, 0.05) is 6.54 Å². The first-order chi connectivity index (χ1) is 8.56. The molecule has 0 unspecified atom stereocenters. The van der Waals surface area contributed by atoms with Crippen molar-refractivity contribution in [2.75, 3.05) is 13.1 Å². The molecular weight excluding hydrogens is 257 g/mol. The van der Waals surface area contributed by atoms with Gasteiger partial charge >= 0.3 is 5.97 Å². The van der Waals surface area contributed by atoms with Gasteiger partial charge in [-0.2, -0.15) is 0 Å².